The summed E-state index contributed by atoms with van der Waals surface area (Å²) in [5.41, 5.74) is 6.26. The maximum Gasteiger partial charge on any atom is 0.303 e. The van der Waals surface area contributed by atoms with Gasteiger partial charge in [-0.15, -0.1) is 0 Å². The molecule has 0 bridgehead atoms. The number of carboxylic acid groups (broad SMARTS) is 2. The summed E-state index contributed by atoms with van der Waals surface area (Å²) in [5.74, 6) is 0.781. The molecule has 1 heterocycles. The molecule has 0 aliphatic carbocycles. The molecule has 0 radical (unpaired) electrons. The Morgan fingerprint density at radius 2 is 1.42 bits per heavy atom. The molecule has 4 aromatic rings. The van der Waals surface area contributed by atoms with Crippen LogP contribution in [-0.2, 0) is 22.4 Å². The van der Waals surface area contributed by atoms with E-state index in [4.69, 9.17) is 24.1 Å². The van der Waals surface area contributed by atoms with E-state index in [0.29, 0.717) is 42.3 Å². The van der Waals surface area contributed by atoms with Gasteiger partial charge in [0.15, 0.2) is 11.5 Å². The van der Waals surface area contributed by atoms with Crippen LogP contribution in [0.3, 0.4) is 0 Å². The quantitative estimate of drug-likeness (QED) is 0.102. The Morgan fingerprint density at radius 3 is 2.19 bits per heavy atom. The van der Waals surface area contributed by atoms with Crippen LogP contribution in [0.25, 0.3) is 22.3 Å². The van der Waals surface area contributed by atoms with Crippen LogP contribution in [-0.4, -0.2) is 42.2 Å². The number of carboxylic acids is 2. The molecule has 0 spiro atoms. The molecule has 0 atom stereocenters. The zero-order valence-electron chi connectivity index (χ0n) is 27.1. The zero-order chi connectivity index (χ0) is 33.9. The SMILES string of the molecule is Cc1cc(-c2cc(OCCCCCCc3cccc(OCCCC(=O)O)c3CCC(=O)O)cc(-c3ccc4c(c3)OCO4)c2)ccc1F. The molecule has 8 nitrogen and oxygen atoms in total. The van der Waals surface area contributed by atoms with E-state index in [9.17, 15) is 19.1 Å². The van der Waals surface area contributed by atoms with Gasteiger partial charge < -0.3 is 29.2 Å². The second-order valence-corrected chi connectivity index (χ2v) is 11.9. The molecular weight excluding hydrogens is 615 g/mol. The lowest BCUT2D eigenvalue weighted by Crippen LogP contribution is -2.07. The van der Waals surface area contributed by atoms with Crippen LogP contribution in [0, 0.1) is 12.7 Å². The van der Waals surface area contributed by atoms with Gasteiger partial charge in [-0.3, -0.25) is 9.59 Å². The van der Waals surface area contributed by atoms with Gasteiger partial charge in [0.25, 0.3) is 0 Å². The number of hydrogen-bond acceptors (Lipinski definition) is 6. The van der Waals surface area contributed by atoms with Crippen molar-refractivity contribution in [3.63, 3.8) is 0 Å². The molecule has 1 aliphatic rings. The molecule has 252 valence electrons. The summed E-state index contributed by atoms with van der Waals surface area (Å²) < 4.78 is 37.2. The van der Waals surface area contributed by atoms with Gasteiger partial charge in [0, 0.05) is 12.8 Å². The highest BCUT2D eigenvalue weighted by molar-refractivity contribution is 5.77. The van der Waals surface area contributed by atoms with E-state index in [1.165, 1.54) is 6.07 Å². The zero-order valence-corrected chi connectivity index (χ0v) is 27.1. The topological polar surface area (TPSA) is 112 Å². The fraction of sp³-hybridized carbons (Fsp3) is 0.333. The lowest BCUT2D eigenvalue weighted by molar-refractivity contribution is -0.138. The van der Waals surface area contributed by atoms with Crippen LogP contribution in [0.15, 0.2) is 72.8 Å². The van der Waals surface area contributed by atoms with Gasteiger partial charge in [0.05, 0.1) is 13.2 Å². The number of halogens is 1. The second-order valence-electron chi connectivity index (χ2n) is 11.9. The highest BCUT2D eigenvalue weighted by Gasteiger charge is 2.16. The van der Waals surface area contributed by atoms with E-state index in [-0.39, 0.29) is 32.1 Å². The van der Waals surface area contributed by atoms with E-state index >= 15 is 0 Å². The molecule has 1 aliphatic heterocycles. The molecule has 0 amide bonds. The van der Waals surface area contributed by atoms with Gasteiger partial charge in [-0.1, -0.05) is 37.1 Å². The molecule has 0 saturated carbocycles. The molecule has 0 fully saturated rings. The Morgan fingerprint density at radius 1 is 0.708 bits per heavy atom. The highest BCUT2D eigenvalue weighted by atomic mass is 19.1. The largest absolute Gasteiger partial charge is 0.494 e. The van der Waals surface area contributed by atoms with Crippen molar-refractivity contribution < 1.29 is 43.1 Å². The Bertz CT molecular complexity index is 1730. The van der Waals surface area contributed by atoms with Crippen LogP contribution in [0.4, 0.5) is 4.39 Å². The third-order valence-corrected chi connectivity index (χ3v) is 8.32. The van der Waals surface area contributed by atoms with Gasteiger partial charge in [-0.05, 0) is 127 Å². The molecule has 4 aromatic carbocycles. The summed E-state index contributed by atoms with van der Waals surface area (Å²) in [6.45, 7) is 2.76. The van der Waals surface area contributed by atoms with E-state index in [1.54, 1.807) is 13.0 Å². The average molecular weight is 657 g/mol. The molecule has 0 saturated heterocycles. The predicted molar refractivity (Wildman–Crippen MR) is 181 cm³/mol. The van der Waals surface area contributed by atoms with E-state index < -0.39 is 11.9 Å². The predicted octanol–water partition coefficient (Wildman–Crippen LogP) is 8.64. The van der Waals surface area contributed by atoms with Crippen molar-refractivity contribution >= 4 is 11.9 Å². The summed E-state index contributed by atoms with van der Waals surface area (Å²) in [5, 5.41) is 18.2. The Hall–Kier alpha value is -5.05. The van der Waals surface area contributed by atoms with Gasteiger partial charge in [-0.2, -0.15) is 0 Å². The minimum absolute atomic E-state index is 0.00180. The first-order chi connectivity index (χ1) is 23.3. The first kappa shape index (κ1) is 34.3. The van der Waals surface area contributed by atoms with E-state index in [0.717, 1.165) is 71.2 Å². The number of fused-ring (bicyclic) bond motifs is 1. The lowest BCUT2D eigenvalue weighted by Gasteiger charge is -2.15. The number of ether oxygens (including phenoxy) is 4. The monoisotopic (exact) mass is 656 g/mol. The summed E-state index contributed by atoms with van der Waals surface area (Å²) in [6.07, 6.45) is 5.28. The second kappa shape index (κ2) is 16.7. The Balaban J connectivity index is 1.18. The third-order valence-electron chi connectivity index (χ3n) is 8.32. The van der Waals surface area contributed by atoms with E-state index in [1.807, 2.05) is 54.6 Å². The minimum Gasteiger partial charge on any atom is -0.494 e. The number of rotatable bonds is 18. The number of benzene rings is 4. The minimum atomic E-state index is -0.872. The van der Waals surface area contributed by atoms with Crippen molar-refractivity contribution in [3.05, 3.63) is 95.3 Å². The van der Waals surface area contributed by atoms with Crippen LogP contribution in [0.1, 0.15) is 61.6 Å². The van der Waals surface area contributed by atoms with Gasteiger partial charge in [0.1, 0.15) is 17.3 Å². The summed E-state index contributed by atoms with van der Waals surface area (Å²) in [6, 6.07) is 22.7. The first-order valence-electron chi connectivity index (χ1n) is 16.4. The smallest absolute Gasteiger partial charge is 0.303 e. The van der Waals surface area contributed by atoms with Crippen molar-refractivity contribution in [3.8, 4) is 45.3 Å². The average Bonchev–Trinajstić information content (AvgIpc) is 3.55. The van der Waals surface area contributed by atoms with Gasteiger partial charge in [0.2, 0.25) is 6.79 Å². The number of aliphatic carboxylic acids is 2. The molecule has 0 unspecified atom stereocenters. The lowest BCUT2D eigenvalue weighted by atomic mass is 9.96. The van der Waals surface area contributed by atoms with Crippen molar-refractivity contribution in [1.29, 1.82) is 0 Å². The normalized spacial score (nSPS) is 11.8. The number of aryl methyl sites for hydroxylation is 2. The van der Waals surface area contributed by atoms with Crippen molar-refractivity contribution in [2.24, 2.45) is 0 Å². The van der Waals surface area contributed by atoms with E-state index in [2.05, 4.69) is 6.07 Å². The maximum atomic E-state index is 14.0. The molecule has 0 aromatic heterocycles. The van der Waals surface area contributed by atoms with Crippen molar-refractivity contribution in [2.75, 3.05) is 20.0 Å². The number of hydrogen-bond donors (Lipinski definition) is 2. The van der Waals surface area contributed by atoms with Gasteiger partial charge >= 0.3 is 11.9 Å². The summed E-state index contributed by atoms with van der Waals surface area (Å²) in [7, 11) is 0. The summed E-state index contributed by atoms with van der Waals surface area (Å²) >= 11 is 0. The molecule has 48 heavy (non-hydrogen) atoms. The van der Waals surface area contributed by atoms with Crippen LogP contribution < -0.4 is 18.9 Å². The number of unbranched alkanes of at least 4 members (excludes halogenated alkanes) is 3. The Labute approximate surface area is 280 Å². The first-order valence-corrected chi connectivity index (χ1v) is 16.4. The third kappa shape index (κ3) is 9.50. The maximum absolute atomic E-state index is 14.0. The van der Waals surface area contributed by atoms with Crippen LogP contribution in [0.2, 0.25) is 0 Å². The molecule has 5 rings (SSSR count). The number of carbonyl (C=O) groups is 2. The highest BCUT2D eigenvalue weighted by Crippen LogP contribution is 2.38. The van der Waals surface area contributed by atoms with Crippen LogP contribution in [0.5, 0.6) is 23.0 Å². The van der Waals surface area contributed by atoms with Gasteiger partial charge in [-0.25, -0.2) is 4.39 Å². The van der Waals surface area contributed by atoms with Crippen molar-refractivity contribution in [1.82, 2.24) is 0 Å². The fourth-order valence-corrected chi connectivity index (χ4v) is 5.78. The molecular formula is C39H41FO8. The Kier molecular flexibility index (Phi) is 11.9. The summed E-state index contributed by atoms with van der Waals surface area (Å²) in [4.78, 5) is 22.1. The van der Waals surface area contributed by atoms with Crippen LogP contribution >= 0.6 is 0 Å². The molecule has 2 N–H and O–H groups in total. The van der Waals surface area contributed by atoms with Crippen molar-refractivity contribution in [2.45, 2.75) is 64.7 Å². The fourth-order valence-electron chi connectivity index (χ4n) is 5.78. The molecule has 9 heteroatoms. The standard InChI is InChI=1S/C39H41FO8/c1-26-20-28(12-15-34(26)40)30-21-31(29-13-16-36-37(24-29)48-25-47-36)23-32(22-30)45-18-5-3-2-4-8-27-9-6-10-35(33(27)14-17-39(43)44)46-19-7-11-38(41)42/h6,9-10,12-13,15-16,20-24H,2-5,7-8,11,14,17-19,25H2,1H3,(H,41,42)(H,43,44).